The summed E-state index contributed by atoms with van der Waals surface area (Å²) in [5, 5.41) is 20.1. The number of rotatable bonds is 15. The Hall–Kier alpha value is -5.78. The zero-order chi connectivity index (χ0) is 40.1. The van der Waals surface area contributed by atoms with Gasteiger partial charge in [-0.15, -0.1) is 0 Å². The Morgan fingerprint density at radius 2 is 1.32 bits per heavy atom. The maximum absolute atomic E-state index is 12.8. The normalized spacial score (nSPS) is 12.2. The van der Waals surface area contributed by atoms with Crippen molar-refractivity contribution in [2.75, 3.05) is 18.0 Å². The molecule has 6 rings (SSSR count). The summed E-state index contributed by atoms with van der Waals surface area (Å²) in [6.07, 6.45) is 2.40. The molecule has 0 radical (unpaired) electrons. The molecular weight excluding hydrogens is 729 g/mol. The van der Waals surface area contributed by atoms with E-state index in [4.69, 9.17) is 4.42 Å². The lowest BCUT2D eigenvalue weighted by Gasteiger charge is -2.29. The van der Waals surface area contributed by atoms with E-state index in [-0.39, 0.29) is 17.7 Å². The SMILES string of the molecule is Cc1cccc(C)c1N(CCCCC(=O)O)c1ccc2c(-c3ccccc3S(=O)(=O)O)c3ccc(=[N+](CCCCC(=O)O)c4c(C)cccc4C)cc-3oc2c1. The third-order valence-electron chi connectivity index (χ3n) is 10.2. The van der Waals surface area contributed by atoms with E-state index in [1.807, 2.05) is 100 Å². The highest BCUT2D eigenvalue weighted by Gasteiger charge is 2.26. The number of aryl methyl sites for hydroxylation is 4. The number of carboxylic acids is 2. The van der Waals surface area contributed by atoms with Gasteiger partial charge < -0.3 is 19.5 Å². The molecule has 10 nitrogen and oxygen atoms in total. The molecule has 0 spiro atoms. The number of anilines is 2. The third-order valence-corrected chi connectivity index (χ3v) is 11.1. The predicted octanol–water partition coefficient (Wildman–Crippen LogP) is 9.44. The van der Waals surface area contributed by atoms with Crippen LogP contribution in [0.1, 0.15) is 60.8 Å². The van der Waals surface area contributed by atoms with Crippen molar-refractivity contribution >= 4 is 50.1 Å². The van der Waals surface area contributed by atoms with Gasteiger partial charge in [-0.1, -0.05) is 54.6 Å². The Balaban J connectivity index is 1.64. The first-order valence-corrected chi connectivity index (χ1v) is 20.2. The zero-order valence-corrected chi connectivity index (χ0v) is 32.9. The fourth-order valence-corrected chi connectivity index (χ4v) is 8.39. The highest BCUT2D eigenvalue weighted by molar-refractivity contribution is 7.86. The number of carboxylic acid groups (broad SMARTS) is 2. The molecule has 0 fully saturated rings. The van der Waals surface area contributed by atoms with E-state index in [9.17, 15) is 32.8 Å². The number of unbranched alkanes of at least 4 members (excludes halogenated alkanes) is 2. The van der Waals surface area contributed by atoms with Crippen LogP contribution in [0.2, 0.25) is 0 Å². The van der Waals surface area contributed by atoms with Crippen molar-refractivity contribution in [3.8, 4) is 22.5 Å². The first-order valence-electron chi connectivity index (χ1n) is 18.8. The van der Waals surface area contributed by atoms with Gasteiger partial charge in [0.1, 0.15) is 22.8 Å². The molecule has 3 N–H and O–H groups in total. The van der Waals surface area contributed by atoms with Crippen LogP contribution >= 0.6 is 0 Å². The maximum Gasteiger partial charge on any atom is 0.303 e. The van der Waals surface area contributed by atoms with E-state index in [1.54, 1.807) is 18.2 Å². The second-order valence-corrected chi connectivity index (χ2v) is 15.7. The lowest BCUT2D eigenvalue weighted by molar-refractivity contribution is -0.138. The minimum Gasteiger partial charge on any atom is -0.481 e. The lowest BCUT2D eigenvalue weighted by Crippen LogP contribution is -2.28. The van der Waals surface area contributed by atoms with Gasteiger partial charge in [-0.25, -0.2) is 0 Å². The first kappa shape index (κ1) is 39.9. The Morgan fingerprint density at radius 3 is 1.96 bits per heavy atom. The molecule has 0 atom stereocenters. The molecule has 56 heavy (non-hydrogen) atoms. The Labute approximate surface area is 327 Å². The van der Waals surface area contributed by atoms with Gasteiger partial charge >= 0.3 is 11.9 Å². The first-order chi connectivity index (χ1) is 26.7. The summed E-state index contributed by atoms with van der Waals surface area (Å²) in [6, 6.07) is 30.1. The number of hydrogen-bond acceptors (Lipinski definition) is 6. The van der Waals surface area contributed by atoms with Crippen molar-refractivity contribution in [3.05, 3.63) is 125 Å². The van der Waals surface area contributed by atoms with Crippen LogP contribution in [-0.4, -0.2) is 48.2 Å². The van der Waals surface area contributed by atoms with Gasteiger partial charge in [0.2, 0.25) is 11.0 Å². The van der Waals surface area contributed by atoms with Crippen LogP contribution in [-0.2, 0) is 19.7 Å². The van der Waals surface area contributed by atoms with Crippen molar-refractivity contribution < 1.29 is 37.2 Å². The fourth-order valence-electron chi connectivity index (χ4n) is 7.69. The number of carbonyl (C=O) groups is 2. The van der Waals surface area contributed by atoms with Gasteiger partial charge in [-0.3, -0.25) is 14.1 Å². The van der Waals surface area contributed by atoms with E-state index in [1.165, 1.54) is 6.07 Å². The molecular formula is C45H47N2O8S+. The molecule has 1 aliphatic carbocycles. The van der Waals surface area contributed by atoms with Crippen molar-refractivity contribution in [2.45, 2.75) is 71.1 Å². The van der Waals surface area contributed by atoms with Crippen molar-refractivity contribution in [3.63, 3.8) is 0 Å². The summed E-state index contributed by atoms with van der Waals surface area (Å²) >= 11 is 0. The average molecular weight is 776 g/mol. The minimum absolute atomic E-state index is 0.0666. The van der Waals surface area contributed by atoms with Crippen LogP contribution in [0.5, 0.6) is 0 Å². The van der Waals surface area contributed by atoms with Crippen molar-refractivity contribution in [2.24, 2.45) is 0 Å². The summed E-state index contributed by atoms with van der Waals surface area (Å²) in [4.78, 5) is 24.6. The summed E-state index contributed by atoms with van der Waals surface area (Å²) < 4.78 is 45.0. The summed E-state index contributed by atoms with van der Waals surface area (Å²) in [5.74, 6) is -1.20. The largest absolute Gasteiger partial charge is 0.481 e. The molecule has 290 valence electrons. The Morgan fingerprint density at radius 1 is 0.696 bits per heavy atom. The molecule has 1 aliphatic heterocycles. The number of hydrogen-bond donors (Lipinski definition) is 3. The fraction of sp³-hybridized carbons (Fsp3) is 0.267. The molecule has 0 saturated carbocycles. The van der Waals surface area contributed by atoms with E-state index in [2.05, 4.69) is 9.48 Å². The van der Waals surface area contributed by atoms with Crippen LogP contribution in [0.15, 0.2) is 106 Å². The topological polar surface area (TPSA) is 148 Å². The molecule has 1 heterocycles. The van der Waals surface area contributed by atoms with Gasteiger partial charge in [-0.05, 0) is 82.3 Å². The lowest BCUT2D eigenvalue weighted by atomic mass is 9.93. The molecule has 0 amide bonds. The van der Waals surface area contributed by atoms with Gasteiger partial charge in [0.05, 0.1) is 6.07 Å². The highest BCUT2D eigenvalue weighted by atomic mass is 32.2. The zero-order valence-electron chi connectivity index (χ0n) is 32.1. The number of nitrogens with zero attached hydrogens (tertiary/aromatic N) is 2. The quantitative estimate of drug-likeness (QED) is 0.0402. The molecule has 0 saturated heterocycles. The standard InChI is InChI=1S/C45H46N2O8S/c1-29-13-11-14-30(2)44(29)46(25-9-7-19-41(48)49)33-21-23-35-38(27-33)55-39-28-34(22-24-36(39)43(35)37-17-5-6-18-40(37)56(52,53)54)47(26-10-8-20-42(50)51)45-31(3)15-12-16-32(45)4/h5-6,11-18,21-24,27-28H,7-10,19-20,25-26H2,1-4H3,(H2-,48,49,50,51,52,53,54)/p+1. The van der Waals surface area contributed by atoms with Crippen LogP contribution in [0.25, 0.3) is 33.4 Å². The molecule has 4 aromatic rings. The number of aliphatic carboxylic acids is 2. The van der Waals surface area contributed by atoms with Crippen molar-refractivity contribution in [1.82, 2.24) is 4.58 Å². The third kappa shape index (κ3) is 8.69. The highest BCUT2D eigenvalue weighted by Crippen LogP contribution is 2.44. The van der Waals surface area contributed by atoms with Crippen LogP contribution < -0.4 is 14.8 Å². The molecule has 0 bridgehead atoms. The maximum atomic E-state index is 12.8. The molecule has 4 aromatic carbocycles. The summed E-state index contributed by atoms with van der Waals surface area (Å²) in [5.41, 5.74) is 9.07. The molecule has 0 aromatic heterocycles. The van der Waals surface area contributed by atoms with Crippen LogP contribution in [0.3, 0.4) is 0 Å². The Bertz CT molecular complexity index is 2550. The monoisotopic (exact) mass is 775 g/mol. The van der Waals surface area contributed by atoms with Gasteiger partial charge in [0.15, 0.2) is 0 Å². The van der Waals surface area contributed by atoms with Crippen molar-refractivity contribution in [1.29, 1.82) is 0 Å². The second kappa shape index (κ2) is 16.9. The Kier molecular flexibility index (Phi) is 12.1. The number of para-hydroxylation sites is 2. The van der Waals surface area contributed by atoms with E-state index < -0.39 is 22.1 Å². The van der Waals surface area contributed by atoms with Crippen LogP contribution in [0.4, 0.5) is 17.1 Å². The second-order valence-electron chi connectivity index (χ2n) is 14.3. The van der Waals surface area contributed by atoms with Crippen LogP contribution in [0, 0.1) is 27.7 Å². The summed E-state index contributed by atoms with van der Waals surface area (Å²) in [6.45, 7) is 9.27. The van der Waals surface area contributed by atoms with E-state index >= 15 is 0 Å². The average Bonchev–Trinajstić information content (AvgIpc) is 3.14. The smallest absolute Gasteiger partial charge is 0.303 e. The molecule has 0 unspecified atom stereocenters. The number of benzene rings is 5. The number of fused-ring (bicyclic) bond motifs is 2. The minimum atomic E-state index is -4.62. The van der Waals surface area contributed by atoms with Gasteiger partial charge in [0, 0.05) is 82.5 Å². The van der Waals surface area contributed by atoms with Gasteiger partial charge in [0.25, 0.3) is 10.1 Å². The van der Waals surface area contributed by atoms with E-state index in [0.717, 1.165) is 44.7 Å². The molecule has 2 aliphatic rings. The molecule has 11 heteroatoms. The predicted molar refractivity (Wildman–Crippen MR) is 220 cm³/mol. The van der Waals surface area contributed by atoms with Gasteiger partial charge in [-0.2, -0.15) is 13.0 Å². The summed E-state index contributed by atoms with van der Waals surface area (Å²) in [7, 11) is -4.62. The van der Waals surface area contributed by atoms with E-state index in [0.29, 0.717) is 72.2 Å².